The molecular weight excluding hydrogens is 314 g/mol. The molecule has 128 valence electrons. The molecule has 1 aliphatic heterocycles. The molecule has 1 N–H and O–H groups in total. The molecule has 0 radical (unpaired) electrons. The number of nitrogens with zero attached hydrogens (tertiary/aromatic N) is 4. The van der Waals surface area contributed by atoms with Crippen LogP contribution >= 0.6 is 0 Å². The Labute approximate surface area is 146 Å². The van der Waals surface area contributed by atoms with E-state index in [1.807, 2.05) is 6.92 Å². The number of rotatable bonds is 4. The van der Waals surface area contributed by atoms with E-state index in [2.05, 4.69) is 44.7 Å². The average Bonchev–Trinajstić information content (AvgIpc) is 3.32. The van der Waals surface area contributed by atoms with Crippen molar-refractivity contribution in [3.63, 3.8) is 0 Å². The minimum Gasteiger partial charge on any atom is -0.372 e. The van der Waals surface area contributed by atoms with Gasteiger partial charge in [-0.25, -0.2) is 0 Å². The number of carbonyl (C=O) groups excluding carboxylic acids is 1. The lowest BCUT2D eigenvalue weighted by Gasteiger charge is -2.20. The van der Waals surface area contributed by atoms with E-state index in [0.29, 0.717) is 5.56 Å². The van der Waals surface area contributed by atoms with Crippen molar-refractivity contribution >= 4 is 17.2 Å². The molecule has 0 spiro atoms. The summed E-state index contributed by atoms with van der Waals surface area (Å²) in [6.07, 6.45) is 5.84. The van der Waals surface area contributed by atoms with Crippen LogP contribution < -0.4 is 10.2 Å². The van der Waals surface area contributed by atoms with Crippen LogP contribution in [0.5, 0.6) is 0 Å². The zero-order valence-electron chi connectivity index (χ0n) is 14.2. The third-order valence-electron chi connectivity index (χ3n) is 4.74. The van der Waals surface area contributed by atoms with E-state index in [4.69, 9.17) is 0 Å². The predicted octanol–water partition coefficient (Wildman–Crippen LogP) is 2.82. The first-order valence-electron chi connectivity index (χ1n) is 8.66. The van der Waals surface area contributed by atoms with Crippen LogP contribution in [0.25, 0.3) is 5.65 Å². The molecule has 0 bridgehead atoms. The second-order valence-corrected chi connectivity index (χ2v) is 6.50. The normalized spacial score (nSPS) is 15.5. The fourth-order valence-corrected chi connectivity index (χ4v) is 3.29. The van der Waals surface area contributed by atoms with Crippen LogP contribution in [-0.2, 0) is 0 Å². The highest BCUT2D eigenvalue weighted by molar-refractivity contribution is 5.94. The van der Waals surface area contributed by atoms with Crippen molar-refractivity contribution in [1.29, 1.82) is 0 Å². The number of hydrogen-bond acceptors (Lipinski definition) is 4. The molecule has 6 heteroatoms. The summed E-state index contributed by atoms with van der Waals surface area (Å²) in [6, 6.07) is 11.9. The molecule has 4 rings (SSSR count). The van der Waals surface area contributed by atoms with Gasteiger partial charge < -0.3 is 10.2 Å². The third-order valence-corrected chi connectivity index (χ3v) is 4.74. The first kappa shape index (κ1) is 15.6. The monoisotopic (exact) mass is 335 g/mol. The maximum Gasteiger partial charge on any atom is 0.253 e. The number of benzene rings is 1. The lowest BCUT2D eigenvalue weighted by molar-refractivity contribution is 0.0939. The van der Waals surface area contributed by atoms with Gasteiger partial charge in [-0.3, -0.25) is 9.20 Å². The second kappa shape index (κ2) is 6.55. The van der Waals surface area contributed by atoms with E-state index < -0.39 is 0 Å². The Balaban J connectivity index is 1.49. The first-order chi connectivity index (χ1) is 12.2. The smallest absolute Gasteiger partial charge is 0.253 e. The number of nitrogens with one attached hydrogen (secondary N) is 1. The van der Waals surface area contributed by atoms with Crippen LogP contribution in [0.15, 0.2) is 48.9 Å². The SMILES string of the molecule is C[C@@H](NC(=O)c1ccc2nncn2c1)c1cccc(N2CCCC2)c1. The highest BCUT2D eigenvalue weighted by atomic mass is 16.1. The van der Waals surface area contributed by atoms with Gasteiger partial charge in [-0.05, 0) is 49.6 Å². The van der Waals surface area contributed by atoms with Gasteiger partial charge in [0.1, 0.15) is 6.33 Å². The second-order valence-electron chi connectivity index (χ2n) is 6.50. The quantitative estimate of drug-likeness (QED) is 0.796. The third kappa shape index (κ3) is 3.20. The molecule has 1 atom stereocenters. The molecule has 3 heterocycles. The Bertz CT molecular complexity index is 897. The summed E-state index contributed by atoms with van der Waals surface area (Å²) in [5, 5.41) is 10.9. The molecule has 0 saturated carbocycles. The highest BCUT2D eigenvalue weighted by Crippen LogP contribution is 2.24. The summed E-state index contributed by atoms with van der Waals surface area (Å²) in [6.45, 7) is 4.24. The summed E-state index contributed by atoms with van der Waals surface area (Å²) < 4.78 is 1.74. The van der Waals surface area contributed by atoms with E-state index in [0.717, 1.165) is 24.3 Å². The molecule has 1 aromatic carbocycles. The van der Waals surface area contributed by atoms with Crippen molar-refractivity contribution in [2.75, 3.05) is 18.0 Å². The molecule has 2 aromatic heterocycles. The Hall–Kier alpha value is -2.89. The number of pyridine rings is 1. The molecule has 1 aliphatic rings. The van der Waals surface area contributed by atoms with Gasteiger partial charge in [0.15, 0.2) is 5.65 Å². The zero-order valence-corrected chi connectivity index (χ0v) is 14.2. The van der Waals surface area contributed by atoms with Gasteiger partial charge in [0.05, 0.1) is 11.6 Å². The number of aromatic nitrogens is 3. The number of anilines is 1. The number of amides is 1. The summed E-state index contributed by atoms with van der Waals surface area (Å²) in [4.78, 5) is 15.0. The maximum atomic E-state index is 12.6. The van der Waals surface area contributed by atoms with E-state index in [-0.39, 0.29) is 11.9 Å². The number of hydrogen-bond donors (Lipinski definition) is 1. The van der Waals surface area contributed by atoms with Crippen molar-refractivity contribution in [2.24, 2.45) is 0 Å². The first-order valence-corrected chi connectivity index (χ1v) is 8.66. The molecule has 0 aliphatic carbocycles. The average molecular weight is 335 g/mol. The van der Waals surface area contributed by atoms with Gasteiger partial charge in [-0.15, -0.1) is 10.2 Å². The standard InChI is InChI=1S/C19H21N5O/c1-14(15-5-4-6-17(11-15)23-9-2-3-10-23)21-19(25)16-7-8-18-22-20-13-24(18)12-16/h4-8,11-14H,2-3,9-10H2,1H3,(H,21,25)/t14-/m1/s1. The Morgan fingerprint density at radius 1 is 1.20 bits per heavy atom. The minimum absolute atomic E-state index is 0.0633. The molecule has 0 unspecified atom stereocenters. The summed E-state index contributed by atoms with van der Waals surface area (Å²) >= 11 is 0. The van der Waals surface area contributed by atoms with Crippen LogP contribution in [0, 0.1) is 0 Å². The van der Waals surface area contributed by atoms with Crippen LogP contribution in [0.3, 0.4) is 0 Å². The van der Waals surface area contributed by atoms with Crippen LogP contribution in [0.4, 0.5) is 5.69 Å². The fourth-order valence-electron chi connectivity index (χ4n) is 3.29. The molecule has 1 saturated heterocycles. The Morgan fingerprint density at radius 2 is 2.04 bits per heavy atom. The van der Waals surface area contributed by atoms with Gasteiger partial charge in [-0.1, -0.05) is 12.1 Å². The molecule has 1 fully saturated rings. The summed E-state index contributed by atoms with van der Waals surface area (Å²) in [7, 11) is 0. The van der Waals surface area contributed by atoms with Gasteiger partial charge in [0, 0.05) is 25.0 Å². The van der Waals surface area contributed by atoms with E-state index >= 15 is 0 Å². The van der Waals surface area contributed by atoms with E-state index in [9.17, 15) is 4.79 Å². The molecular formula is C19H21N5O. The molecule has 3 aromatic rings. The van der Waals surface area contributed by atoms with Crippen LogP contribution in [0.2, 0.25) is 0 Å². The van der Waals surface area contributed by atoms with Crippen molar-refractivity contribution in [3.05, 3.63) is 60.0 Å². The van der Waals surface area contributed by atoms with E-state index in [1.54, 1.807) is 29.1 Å². The molecule has 25 heavy (non-hydrogen) atoms. The van der Waals surface area contributed by atoms with Crippen molar-refractivity contribution in [3.8, 4) is 0 Å². The van der Waals surface area contributed by atoms with Crippen molar-refractivity contribution in [1.82, 2.24) is 19.9 Å². The van der Waals surface area contributed by atoms with E-state index in [1.165, 1.54) is 18.5 Å². The van der Waals surface area contributed by atoms with Gasteiger partial charge in [-0.2, -0.15) is 0 Å². The van der Waals surface area contributed by atoms with Crippen molar-refractivity contribution < 1.29 is 4.79 Å². The summed E-state index contributed by atoms with van der Waals surface area (Å²) in [5.74, 6) is -0.102. The highest BCUT2D eigenvalue weighted by Gasteiger charge is 2.16. The summed E-state index contributed by atoms with van der Waals surface area (Å²) in [5.41, 5.74) is 3.67. The number of fused-ring (bicyclic) bond motifs is 1. The van der Waals surface area contributed by atoms with Crippen LogP contribution in [-0.4, -0.2) is 33.6 Å². The lowest BCUT2D eigenvalue weighted by atomic mass is 10.1. The predicted molar refractivity (Wildman–Crippen MR) is 96.8 cm³/mol. The topological polar surface area (TPSA) is 62.5 Å². The molecule has 1 amide bonds. The lowest BCUT2D eigenvalue weighted by Crippen LogP contribution is -2.27. The fraction of sp³-hybridized carbons (Fsp3) is 0.316. The zero-order chi connectivity index (χ0) is 17.2. The van der Waals surface area contributed by atoms with Gasteiger partial charge >= 0.3 is 0 Å². The van der Waals surface area contributed by atoms with Crippen LogP contribution in [0.1, 0.15) is 41.7 Å². The minimum atomic E-state index is -0.102. The Morgan fingerprint density at radius 3 is 2.88 bits per heavy atom. The van der Waals surface area contributed by atoms with Gasteiger partial charge in [0.25, 0.3) is 5.91 Å². The van der Waals surface area contributed by atoms with Gasteiger partial charge in [0.2, 0.25) is 0 Å². The molecule has 6 nitrogen and oxygen atoms in total. The number of carbonyl (C=O) groups is 1. The van der Waals surface area contributed by atoms with Crippen molar-refractivity contribution in [2.45, 2.75) is 25.8 Å². The largest absolute Gasteiger partial charge is 0.372 e. The maximum absolute atomic E-state index is 12.6. The Kier molecular flexibility index (Phi) is 4.09.